The van der Waals surface area contributed by atoms with Gasteiger partial charge in [-0.15, -0.1) is 6.58 Å². The lowest BCUT2D eigenvalue weighted by atomic mass is 10.2. The van der Waals surface area contributed by atoms with Gasteiger partial charge in [-0.25, -0.2) is 4.79 Å². The van der Waals surface area contributed by atoms with Crippen molar-refractivity contribution < 1.29 is 14.6 Å². The Bertz CT molecular complexity index is 369. The smallest absolute Gasteiger partial charge is 0.339 e. The summed E-state index contributed by atoms with van der Waals surface area (Å²) in [6.45, 7) is 6.11. The van der Waals surface area contributed by atoms with Gasteiger partial charge in [-0.2, -0.15) is 0 Å². The van der Waals surface area contributed by atoms with E-state index in [0.29, 0.717) is 12.4 Å². The summed E-state index contributed by atoms with van der Waals surface area (Å²) in [5.41, 5.74) is 1.21. The summed E-state index contributed by atoms with van der Waals surface area (Å²) in [4.78, 5) is 10.8. The number of para-hydroxylation sites is 1. The van der Waals surface area contributed by atoms with Gasteiger partial charge in [0.15, 0.2) is 0 Å². The molecule has 0 aliphatic carbocycles. The van der Waals surface area contributed by atoms with Crippen molar-refractivity contribution in [3.8, 4) is 5.75 Å². The number of carbonyl (C=O) groups is 1. The van der Waals surface area contributed by atoms with E-state index >= 15 is 0 Å². The molecule has 0 atom stereocenters. The summed E-state index contributed by atoms with van der Waals surface area (Å²) in [5.74, 6) is -0.563. The first-order valence-electron chi connectivity index (χ1n) is 4.70. The van der Waals surface area contributed by atoms with Crippen molar-refractivity contribution in [3.63, 3.8) is 0 Å². The minimum atomic E-state index is -0.971. The number of hydrogen-bond donors (Lipinski definition) is 1. The Morgan fingerprint density at radius 3 is 2.73 bits per heavy atom. The SMILES string of the molecule is C=C(C)CCOc1ccccc1C(=O)O. The average Bonchev–Trinajstić information content (AvgIpc) is 2.17. The van der Waals surface area contributed by atoms with E-state index in [9.17, 15) is 4.79 Å². The second-order valence-electron chi connectivity index (χ2n) is 3.36. The van der Waals surface area contributed by atoms with Crippen molar-refractivity contribution in [2.24, 2.45) is 0 Å². The van der Waals surface area contributed by atoms with Crippen LogP contribution < -0.4 is 4.74 Å². The molecule has 0 aliphatic rings. The molecule has 3 nitrogen and oxygen atoms in total. The van der Waals surface area contributed by atoms with Gasteiger partial charge in [-0.1, -0.05) is 17.7 Å². The molecule has 0 spiro atoms. The predicted molar refractivity (Wildman–Crippen MR) is 58.3 cm³/mol. The summed E-state index contributed by atoms with van der Waals surface area (Å²) in [6, 6.07) is 6.61. The summed E-state index contributed by atoms with van der Waals surface area (Å²) >= 11 is 0. The summed E-state index contributed by atoms with van der Waals surface area (Å²) in [5, 5.41) is 8.88. The summed E-state index contributed by atoms with van der Waals surface area (Å²) in [6.07, 6.45) is 0.730. The second kappa shape index (κ2) is 5.20. The molecule has 0 aromatic heterocycles. The van der Waals surface area contributed by atoms with E-state index in [1.165, 1.54) is 6.07 Å². The van der Waals surface area contributed by atoms with Gasteiger partial charge in [0.05, 0.1) is 6.61 Å². The van der Waals surface area contributed by atoms with Gasteiger partial charge in [0, 0.05) is 6.42 Å². The monoisotopic (exact) mass is 206 g/mol. The van der Waals surface area contributed by atoms with Crippen molar-refractivity contribution in [1.82, 2.24) is 0 Å². The highest BCUT2D eigenvalue weighted by atomic mass is 16.5. The van der Waals surface area contributed by atoms with Crippen LogP contribution in [0.25, 0.3) is 0 Å². The number of carboxylic acid groups (broad SMARTS) is 1. The van der Waals surface area contributed by atoms with Crippen molar-refractivity contribution in [3.05, 3.63) is 42.0 Å². The number of aromatic carboxylic acids is 1. The fourth-order valence-corrected chi connectivity index (χ4v) is 1.10. The third kappa shape index (κ3) is 3.46. The van der Waals surface area contributed by atoms with Crippen molar-refractivity contribution in [2.75, 3.05) is 6.61 Å². The summed E-state index contributed by atoms with van der Waals surface area (Å²) < 4.78 is 5.37. The first-order chi connectivity index (χ1) is 7.11. The third-order valence-corrected chi connectivity index (χ3v) is 1.90. The van der Waals surface area contributed by atoms with E-state index < -0.39 is 5.97 Å². The molecule has 0 saturated carbocycles. The molecule has 0 fully saturated rings. The number of ether oxygens (including phenoxy) is 1. The Labute approximate surface area is 89.0 Å². The van der Waals surface area contributed by atoms with Crippen LogP contribution in [0.15, 0.2) is 36.4 Å². The fraction of sp³-hybridized carbons (Fsp3) is 0.250. The Hall–Kier alpha value is -1.77. The zero-order valence-electron chi connectivity index (χ0n) is 8.69. The van der Waals surface area contributed by atoms with Gasteiger partial charge in [0.2, 0.25) is 0 Å². The molecule has 0 bridgehead atoms. The van der Waals surface area contributed by atoms with E-state index in [1.54, 1.807) is 18.2 Å². The van der Waals surface area contributed by atoms with Crippen molar-refractivity contribution >= 4 is 5.97 Å². The zero-order chi connectivity index (χ0) is 11.3. The molecular weight excluding hydrogens is 192 g/mol. The predicted octanol–water partition coefficient (Wildman–Crippen LogP) is 2.73. The molecule has 0 radical (unpaired) electrons. The van der Waals surface area contributed by atoms with Crippen LogP contribution in [-0.4, -0.2) is 17.7 Å². The van der Waals surface area contributed by atoms with E-state index in [4.69, 9.17) is 9.84 Å². The molecule has 3 heteroatoms. The van der Waals surface area contributed by atoms with Gasteiger partial charge >= 0.3 is 5.97 Å². The van der Waals surface area contributed by atoms with E-state index in [1.807, 2.05) is 6.92 Å². The highest BCUT2D eigenvalue weighted by Gasteiger charge is 2.09. The number of carboxylic acids is 1. The van der Waals surface area contributed by atoms with E-state index in [-0.39, 0.29) is 5.56 Å². The number of hydrogen-bond acceptors (Lipinski definition) is 2. The number of rotatable bonds is 5. The Balaban J connectivity index is 2.67. The van der Waals surface area contributed by atoms with Gasteiger partial charge in [-0.3, -0.25) is 0 Å². The van der Waals surface area contributed by atoms with E-state index in [2.05, 4.69) is 6.58 Å². The lowest BCUT2D eigenvalue weighted by molar-refractivity contribution is 0.0692. The highest BCUT2D eigenvalue weighted by Crippen LogP contribution is 2.18. The maximum absolute atomic E-state index is 10.8. The fourth-order valence-electron chi connectivity index (χ4n) is 1.10. The Morgan fingerprint density at radius 1 is 1.47 bits per heavy atom. The maximum atomic E-state index is 10.8. The van der Waals surface area contributed by atoms with Gasteiger partial charge in [0.1, 0.15) is 11.3 Å². The van der Waals surface area contributed by atoms with Crippen molar-refractivity contribution in [1.29, 1.82) is 0 Å². The first-order valence-corrected chi connectivity index (χ1v) is 4.70. The quantitative estimate of drug-likeness (QED) is 0.753. The molecule has 0 unspecified atom stereocenters. The van der Waals surface area contributed by atoms with Gasteiger partial charge < -0.3 is 9.84 Å². The maximum Gasteiger partial charge on any atom is 0.339 e. The molecule has 1 rings (SSSR count). The molecule has 1 N–H and O–H groups in total. The molecule has 0 heterocycles. The zero-order valence-corrected chi connectivity index (χ0v) is 8.69. The Kier molecular flexibility index (Phi) is 3.92. The molecule has 1 aromatic rings. The highest BCUT2D eigenvalue weighted by molar-refractivity contribution is 5.90. The molecule has 0 aliphatic heterocycles. The lowest BCUT2D eigenvalue weighted by Gasteiger charge is -2.08. The normalized spacial score (nSPS) is 9.67. The van der Waals surface area contributed by atoms with Crippen LogP contribution >= 0.6 is 0 Å². The third-order valence-electron chi connectivity index (χ3n) is 1.90. The molecule has 15 heavy (non-hydrogen) atoms. The number of benzene rings is 1. The van der Waals surface area contributed by atoms with Crippen LogP contribution in [0.1, 0.15) is 23.7 Å². The second-order valence-corrected chi connectivity index (χ2v) is 3.36. The molecular formula is C12H14O3. The van der Waals surface area contributed by atoms with Gasteiger partial charge in [0.25, 0.3) is 0 Å². The van der Waals surface area contributed by atoms with Crippen molar-refractivity contribution in [2.45, 2.75) is 13.3 Å². The van der Waals surface area contributed by atoms with Crippen LogP contribution in [0, 0.1) is 0 Å². The minimum Gasteiger partial charge on any atom is -0.492 e. The topological polar surface area (TPSA) is 46.5 Å². The van der Waals surface area contributed by atoms with Crippen LogP contribution in [-0.2, 0) is 0 Å². The summed E-state index contributed by atoms with van der Waals surface area (Å²) in [7, 11) is 0. The van der Waals surface area contributed by atoms with Crippen LogP contribution in [0.2, 0.25) is 0 Å². The van der Waals surface area contributed by atoms with Gasteiger partial charge in [-0.05, 0) is 19.1 Å². The molecule has 80 valence electrons. The van der Waals surface area contributed by atoms with E-state index in [0.717, 1.165) is 12.0 Å². The lowest BCUT2D eigenvalue weighted by Crippen LogP contribution is -2.04. The Morgan fingerprint density at radius 2 is 2.13 bits per heavy atom. The largest absolute Gasteiger partial charge is 0.492 e. The van der Waals surface area contributed by atoms with Crippen LogP contribution in [0.3, 0.4) is 0 Å². The molecule has 1 aromatic carbocycles. The minimum absolute atomic E-state index is 0.194. The standard InChI is InChI=1S/C12H14O3/c1-9(2)7-8-15-11-6-4-3-5-10(11)12(13)14/h3-6H,1,7-8H2,2H3,(H,13,14). The first kappa shape index (κ1) is 11.3. The average molecular weight is 206 g/mol. The molecule has 0 amide bonds. The van der Waals surface area contributed by atoms with Crippen LogP contribution in [0.5, 0.6) is 5.75 Å². The molecule has 0 saturated heterocycles. The van der Waals surface area contributed by atoms with Crippen LogP contribution in [0.4, 0.5) is 0 Å².